The zero-order valence-corrected chi connectivity index (χ0v) is 14.0. The van der Waals surface area contributed by atoms with Crippen LogP contribution in [0.4, 0.5) is 10.2 Å². The molecule has 1 saturated carbocycles. The molecule has 0 spiro atoms. The normalized spacial score (nSPS) is 18.4. The first-order valence-corrected chi connectivity index (χ1v) is 8.57. The minimum absolute atomic E-state index is 0.0608. The van der Waals surface area contributed by atoms with Crippen molar-refractivity contribution >= 4 is 17.6 Å². The number of aromatic nitrogens is 1. The molecule has 1 atom stereocenters. The summed E-state index contributed by atoms with van der Waals surface area (Å²) in [6.45, 7) is 0.320. The number of amides is 2. The largest absolute Gasteiger partial charge is 0.491 e. The zero-order valence-electron chi connectivity index (χ0n) is 14.0. The highest BCUT2D eigenvalue weighted by Gasteiger charge is 2.30. The van der Waals surface area contributed by atoms with Crippen LogP contribution in [0.15, 0.2) is 36.5 Å². The van der Waals surface area contributed by atoms with Gasteiger partial charge in [-0.2, -0.15) is 0 Å². The number of nitrogens with one attached hydrogen (secondary N) is 2. The van der Waals surface area contributed by atoms with Gasteiger partial charge in [-0.05, 0) is 55.2 Å². The molecule has 0 saturated heterocycles. The van der Waals surface area contributed by atoms with E-state index >= 15 is 0 Å². The van der Waals surface area contributed by atoms with Gasteiger partial charge in [0.25, 0.3) is 5.91 Å². The maximum atomic E-state index is 13.4. The number of hydrogen-bond donors (Lipinski definition) is 2. The van der Waals surface area contributed by atoms with E-state index < -0.39 is 0 Å². The fourth-order valence-electron chi connectivity index (χ4n) is 2.94. The first kappa shape index (κ1) is 16.5. The van der Waals surface area contributed by atoms with Crippen LogP contribution in [0.3, 0.4) is 0 Å². The minimum Gasteiger partial charge on any atom is -0.491 e. The Morgan fingerprint density at radius 1 is 1.19 bits per heavy atom. The van der Waals surface area contributed by atoms with Gasteiger partial charge < -0.3 is 15.4 Å². The first-order chi connectivity index (χ1) is 12.6. The smallest absolute Gasteiger partial charge is 0.251 e. The van der Waals surface area contributed by atoms with Crippen molar-refractivity contribution in [1.29, 1.82) is 0 Å². The topological polar surface area (TPSA) is 80.3 Å². The number of carbonyl (C=O) groups excluding carboxylic acids is 2. The van der Waals surface area contributed by atoms with Gasteiger partial charge in [0.15, 0.2) is 0 Å². The molecule has 1 aliphatic heterocycles. The highest BCUT2D eigenvalue weighted by atomic mass is 19.1. The number of pyridine rings is 1. The molecule has 1 aromatic carbocycles. The van der Waals surface area contributed by atoms with Crippen molar-refractivity contribution in [2.75, 3.05) is 11.9 Å². The average molecular weight is 355 g/mol. The molecule has 1 aromatic heterocycles. The highest BCUT2D eigenvalue weighted by Crippen LogP contribution is 2.30. The van der Waals surface area contributed by atoms with E-state index in [4.69, 9.17) is 4.74 Å². The predicted octanol–water partition coefficient (Wildman–Crippen LogP) is 2.30. The van der Waals surface area contributed by atoms with Crippen LogP contribution in [-0.2, 0) is 11.2 Å². The summed E-state index contributed by atoms with van der Waals surface area (Å²) >= 11 is 0. The third-order valence-electron chi connectivity index (χ3n) is 4.49. The van der Waals surface area contributed by atoms with Gasteiger partial charge in [-0.25, -0.2) is 9.37 Å². The number of ether oxygens (including phenoxy) is 1. The molecule has 0 radical (unpaired) electrons. The van der Waals surface area contributed by atoms with Gasteiger partial charge in [0.2, 0.25) is 5.91 Å². The van der Waals surface area contributed by atoms with Crippen molar-refractivity contribution < 1.29 is 18.7 Å². The second-order valence-corrected chi connectivity index (χ2v) is 6.63. The van der Waals surface area contributed by atoms with Gasteiger partial charge in [-0.1, -0.05) is 0 Å². The van der Waals surface area contributed by atoms with Gasteiger partial charge in [0.05, 0.1) is 6.04 Å². The molecule has 2 N–H and O–H groups in total. The molecular weight excluding hydrogens is 337 g/mol. The molecule has 1 fully saturated rings. The molecule has 7 heteroatoms. The van der Waals surface area contributed by atoms with Crippen LogP contribution >= 0.6 is 0 Å². The van der Waals surface area contributed by atoms with Gasteiger partial charge in [0, 0.05) is 17.7 Å². The van der Waals surface area contributed by atoms with E-state index in [2.05, 4.69) is 15.6 Å². The molecule has 2 amide bonds. The van der Waals surface area contributed by atoms with Crippen molar-refractivity contribution in [3.05, 3.63) is 53.5 Å². The van der Waals surface area contributed by atoms with E-state index in [1.807, 2.05) is 0 Å². The average Bonchev–Trinajstić information content (AvgIpc) is 3.47. The van der Waals surface area contributed by atoms with Gasteiger partial charge >= 0.3 is 0 Å². The van der Waals surface area contributed by atoms with Crippen LogP contribution in [-0.4, -0.2) is 29.4 Å². The minimum atomic E-state index is -0.329. The van der Waals surface area contributed by atoms with Crippen LogP contribution in [0.2, 0.25) is 0 Å². The fraction of sp³-hybridized carbons (Fsp3) is 0.316. The zero-order chi connectivity index (χ0) is 18.1. The number of rotatable bonds is 4. The summed E-state index contributed by atoms with van der Waals surface area (Å²) in [7, 11) is 0. The van der Waals surface area contributed by atoms with Crippen molar-refractivity contribution in [2.24, 2.45) is 5.92 Å². The Hall–Kier alpha value is -2.96. The third kappa shape index (κ3) is 3.66. The highest BCUT2D eigenvalue weighted by molar-refractivity contribution is 5.97. The summed E-state index contributed by atoms with van der Waals surface area (Å²) in [6.07, 6.45) is 3.78. The Kier molecular flexibility index (Phi) is 4.28. The Morgan fingerprint density at radius 3 is 2.85 bits per heavy atom. The molecule has 0 bridgehead atoms. The van der Waals surface area contributed by atoms with Crippen LogP contribution in [0, 0.1) is 11.7 Å². The molecular formula is C19H18FN3O3. The second-order valence-electron chi connectivity index (χ2n) is 6.63. The lowest BCUT2D eigenvalue weighted by molar-refractivity contribution is -0.117. The number of fused-ring (bicyclic) bond motifs is 1. The number of halogens is 1. The summed E-state index contributed by atoms with van der Waals surface area (Å²) in [6, 6.07) is 7.25. The second kappa shape index (κ2) is 6.74. The summed E-state index contributed by atoms with van der Waals surface area (Å²) in [5, 5.41) is 5.61. The lowest BCUT2D eigenvalue weighted by Crippen LogP contribution is -2.42. The lowest BCUT2D eigenvalue weighted by atomic mass is 10.0. The maximum Gasteiger partial charge on any atom is 0.251 e. The standard InChI is InChI=1S/C19H18FN3O3/c20-14-3-4-16-13(7-14)8-15(10-26-16)22-19(25)12-5-6-21-17(9-12)23-18(24)11-1-2-11/h3-7,9,11,15H,1-2,8,10H2,(H,22,25)(H,21,23,24). The fourth-order valence-corrected chi connectivity index (χ4v) is 2.94. The van der Waals surface area contributed by atoms with E-state index in [0.29, 0.717) is 30.2 Å². The quantitative estimate of drug-likeness (QED) is 0.882. The van der Waals surface area contributed by atoms with E-state index in [0.717, 1.165) is 18.4 Å². The molecule has 2 heterocycles. The van der Waals surface area contributed by atoms with Gasteiger partial charge in [-0.3, -0.25) is 9.59 Å². The molecule has 26 heavy (non-hydrogen) atoms. The summed E-state index contributed by atoms with van der Waals surface area (Å²) in [5.41, 5.74) is 1.13. The Labute approximate surface area is 149 Å². The summed E-state index contributed by atoms with van der Waals surface area (Å²) < 4.78 is 19.0. The number of nitrogens with zero attached hydrogens (tertiary/aromatic N) is 1. The van der Waals surface area contributed by atoms with E-state index in [9.17, 15) is 14.0 Å². The van der Waals surface area contributed by atoms with Gasteiger partial charge in [0.1, 0.15) is 24.0 Å². The van der Waals surface area contributed by atoms with Crippen molar-refractivity contribution in [3.8, 4) is 5.75 Å². The molecule has 2 aromatic rings. The van der Waals surface area contributed by atoms with Crippen LogP contribution in [0.1, 0.15) is 28.8 Å². The Balaban J connectivity index is 1.41. The SMILES string of the molecule is O=C(NC1COc2ccc(F)cc2C1)c1ccnc(NC(=O)C2CC2)c1. The molecule has 4 rings (SSSR count). The summed E-state index contributed by atoms with van der Waals surface area (Å²) in [5.74, 6) is 0.392. The molecule has 2 aliphatic rings. The maximum absolute atomic E-state index is 13.4. The lowest BCUT2D eigenvalue weighted by Gasteiger charge is -2.26. The Bertz CT molecular complexity index is 867. The predicted molar refractivity (Wildman–Crippen MR) is 92.4 cm³/mol. The van der Waals surface area contributed by atoms with Crippen LogP contribution in [0.5, 0.6) is 5.75 Å². The molecule has 6 nitrogen and oxygen atoms in total. The van der Waals surface area contributed by atoms with Crippen LogP contribution < -0.4 is 15.4 Å². The van der Waals surface area contributed by atoms with Crippen molar-refractivity contribution in [1.82, 2.24) is 10.3 Å². The molecule has 1 unspecified atom stereocenters. The molecule has 1 aliphatic carbocycles. The third-order valence-corrected chi connectivity index (χ3v) is 4.49. The van der Waals surface area contributed by atoms with E-state index in [1.54, 1.807) is 18.2 Å². The summed E-state index contributed by atoms with van der Waals surface area (Å²) in [4.78, 5) is 28.4. The van der Waals surface area contributed by atoms with Crippen molar-refractivity contribution in [2.45, 2.75) is 25.3 Å². The Morgan fingerprint density at radius 2 is 2.04 bits per heavy atom. The van der Waals surface area contributed by atoms with Crippen molar-refractivity contribution in [3.63, 3.8) is 0 Å². The number of benzene rings is 1. The monoisotopic (exact) mass is 355 g/mol. The number of anilines is 1. The molecule has 134 valence electrons. The van der Waals surface area contributed by atoms with Crippen LogP contribution in [0.25, 0.3) is 0 Å². The van der Waals surface area contributed by atoms with Gasteiger partial charge in [-0.15, -0.1) is 0 Å². The van der Waals surface area contributed by atoms with E-state index in [1.165, 1.54) is 18.3 Å². The first-order valence-electron chi connectivity index (χ1n) is 8.57. The number of hydrogen-bond acceptors (Lipinski definition) is 4. The number of carbonyl (C=O) groups is 2. The van der Waals surface area contributed by atoms with E-state index in [-0.39, 0.29) is 29.6 Å².